The zero-order chi connectivity index (χ0) is 18.1. The highest BCUT2D eigenvalue weighted by Gasteiger charge is 2.41. The molecule has 2 aromatic carbocycles. The molecule has 0 radical (unpaired) electrons. The molecule has 2 N–H and O–H groups in total. The Morgan fingerprint density at radius 2 is 2.00 bits per heavy atom. The normalized spacial score (nSPS) is 21.0. The van der Waals surface area contributed by atoms with E-state index in [1.807, 2.05) is 53.5 Å². The number of hydrogen-bond acceptors (Lipinski definition) is 5. The van der Waals surface area contributed by atoms with Crippen molar-refractivity contribution in [3.05, 3.63) is 77.3 Å². The Labute approximate surface area is 161 Å². The van der Waals surface area contributed by atoms with Crippen LogP contribution >= 0.6 is 23.4 Å². The predicted octanol–water partition coefficient (Wildman–Crippen LogP) is 4.13. The van der Waals surface area contributed by atoms with Crippen LogP contribution in [0.2, 0.25) is 5.02 Å². The highest BCUT2D eigenvalue weighted by Crippen LogP contribution is 2.42. The lowest BCUT2D eigenvalue weighted by molar-refractivity contribution is -0.127. The third kappa shape index (κ3) is 3.06. The largest absolute Gasteiger partial charge is 0.360 e. The first kappa shape index (κ1) is 17.0. The number of nitrogens with zero attached hydrogens (tertiary/aromatic N) is 2. The van der Waals surface area contributed by atoms with Gasteiger partial charge in [-0.2, -0.15) is 0 Å². The third-order valence-corrected chi connectivity index (χ3v) is 5.40. The van der Waals surface area contributed by atoms with Crippen molar-refractivity contribution in [2.75, 3.05) is 11.1 Å². The Balaban J connectivity index is 1.79. The molecular formula is C19H17ClN4OS. The molecule has 2 aliphatic rings. The van der Waals surface area contributed by atoms with Crippen LogP contribution in [-0.4, -0.2) is 21.8 Å². The number of nitrogens with one attached hydrogen (secondary N) is 2. The molecule has 2 aliphatic heterocycles. The van der Waals surface area contributed by atoms with Crippen LogP contribution in [-0.2, 0) is 4.79 Å². The third-order valence-electron chi connectivity index (χ3n) is 4.29. The molecule has 0 saturated heterocycles. The number of halogens is 1. The van der Waals surface area contributed by atoms with Gasteiger partial charge in [-0.3, -0.25) is 9.80 Å². The van der Waals surface area contributed by atoms with Crippen molar-refractivity contribution in [1.29, 1.82) is 0 Å². The van der Waals surface area contributed by atoms with Gasteiger partial charge in [0.25, 0.3) is 5.91 Å². The summed E-state index contributed by atoms with van der Waals surface area (Å²) in [5.41, 5.74) is 2.83. The number of hydrogen-bond donors (Lipinski definition) is 2. The van der Waals surface area contributed by atoms with Crippen LogP contribution in [0.5, 0.6) is 0 Å². The summed E-state index contributed by atoms with van der Waals surface area (Å²) >= 11 is 7.48. The maximum atomic E-state index is 12.9. The lowest BCUT2D eigenvalue weighted by Gasteiger charge is -2.43. The van der Waals surface area contributed by atoms with Crippen LogP contribution in [0.4, 0.5) is 5.69 Å². The number of amides is 1. The lowest BCUT2D eigenvalue weighted by Crippen LogP contribution is -2.50. The number of fused-ring (bicyclic) bond motifs is 3. The average Bonchev–Trinajstić information content (AvgIpc) is 2.66. The molecule has 1 amide bonds. The highest BCUT2D eigenvalue weighted by atomic mass is 35.5. The second-order valence-electron chi connectivity index (χ2n) is 5.96. The number of anilines is 1. The summed E-state index contributed by atoms with van der Waals surface area (Å²) in [5.74, 6) is 0.590. The molecule has 5 nitrogen and oxygen atoms in total. The van der Waals surface area contributed by atoms with E-state index in [9.17, 15) is 4.79 Å². The second kappa shape index (κ2) is 7.05. The molecule has 0 fully saturated rings. The van der Waals surface area contributed by atoms with Gasteiger partial charge in [-0.25, -0.2) is 0 Å². The Kier molecular flexibility index (Phi) is 4.61. The van der Waals surface area contributed by atoms with Gasteiger partial charge in [-0.05, 0) is 23.8 Å². The molecule has 2 heterocycles. The fourth-order valence-electron chi connectivity index (χ4n) is 3.14. The van der Waals surface area contributed by atoms with Gasteiger partial charge in [0.15, 0.2) is 11.2 Å². The van der Waals surface area contributed by atoms with Crippen molar-refractivity contribution in [3.8, 4) is 0 Å². The van der Waals surface area contributed by atoms with E-state index in [1.54, 1.807) is 6.08 Å². The van der Waals surface area contributed by atoms with Gasteiger partial charge >= 0.3 is 0 Å². The minimum Gasteiger partial charge on any atom is -0.360 e. The first-order valence-corrected chi connectivity index (χ1v) is 9.56. The van der Waals surface area contributed by atoms with Crippen LogP contribution in [0.15, 0.2) is 66.3 Å². The topological polar surface area (TPSA) is 56.7 Å². The SMILES string of the molecule is C=CCSC1=NN2[C@H](c3ccc(Cl)cc3)Nc3ccccc3[C@@H]2C(=O)N1. The number of rotatable bonds is 3. The Morgan fingerprint density at radius 3 is 2.77 bits per heavy atom. The quantitative estimate of drug-likeness (QED) is 0.781. The van der Waals surface area contributed by atoms with Crippen LogP contribution in [0, 0.1) is 0 Å². The van der Waals surface area contributed by atoms with Crippen molar-refractivity contribution in [2.24, 2.45) is 5.10 Å². The van der Waals surface area contributed by atoms with E-state index < -0.39 is 6.04 Å². The van der Waals surface area contributed by atoms with Crippen molar-refractivity contribution in [2.45, 2.75) is 12.2 Å². The number of benzene rings is 2. The number of carbonyl (C=O) groups excluding carboxylic acids is 1. The van der Waals surface area contributed by atoms with Crippen LogP contribution in [0.1, 0.15) is 23.3 Å². The first-order chi connectivity index (χ1) is 12.7. The van der Waals surface area contributed by atoms with Crippen LogP contribution in [0.25, 0.3) is 0 Å². The molecule has 4 rings (SSSR count). The molecule has 26 heavy (non-hydrogen) atoms. The lowest BCUT2D eigenvalue weighted by atomic mass is 9.97. The number of amidine groups is 1. The van der Waals surface area contributed by atoms with Crippen molar-refractivity contribution in [1.82, 2.24) is 10.3 Å². The molecule has 0 spiro atoms. The predicted molar refractivity (Wildman–Crippen MR) is 107 cm³/mol. The smallest absolute Gasteiger partial charge is 0.255 e. The van der Waals surface area contributed by atoms with Gasteiger partial charge in [0.05, 0.1) is 0 Å². The standard InChI is InChI=1S/C19H17ClN4OS/c1-2-11-26-19-22-18(25)16-14-5-3-4-6-15(14)21-17(24(16)23-19)12-7-9-13(20)10-8-12/h2-10,16-17,21H,1,11H2,(H,22,23,25)/t16-,17-/m1/s1. The Hall–Kier alpha value is -2.44. The monoisotopic (exact) mass is 384 g/mol. The molecule has 0 unspecified atom stereocenters. The summed E-state index contributed by atoms with van der Waals surface area (Å²) in [6, 6.07) is 14.9. The zero-order valence-electron chi connectivity index (χ0n) is 13.9. The summed E-state index contributed by atoms with van der Waals surface area (Å²) in [6.45, 7) is 3.72. The van der Waals surface area contributed by atoms with E-state index >= 15 is 0 Å². The van der Waals surface area contributed by atoms with Crippen molar-refractivity contribution >= 4 is 40.1 Å². The van der Waals surface area contributed by atoms with Gasteiger partial charge in [-0.1, -0.05) is 59.8 Å². The average molecular weight is 385 g/mol. The molecule has 132 valence electrons. The molecule has 2 atom stereocenters. The zero-order valence-corrected chi connectivity index (χ0v) is 15.4. The first-order valence-electron chi connectivity index (χ1n) is 8.20. The minimum absolute atomic E-state index is 0.0838. The van der Waals surface area contributed by atoms with E-state index in [1.165, 1.54) is 11.8 Å². The van der Waals surface area contributed by atoms with Gasteiger partial charge in [0, 0.05) is 22.0 Å². The molecule has 0 bridgehead atoms. The van der Waals surface area contributed by atoms with Crippen molar-refractivity contribution in [3.63, 3.8) is 0 Å². The maximum Gasteiger partial charge on any atom is 0.255 e. The van der Waals surface area contributed by atoms with Crippen molar-refractivity contribution < 1.29 is 4.79 Å². The molecule has 7 heteroatoms. The van der Waals surface area contributed by atoms with E-state index in [2.05, 4.69) is 17.2 Å². The van der Waals surface area contributed by atoms with Gasteiger partial charge in [0.1, 0.15) is 6.17 Å². The van der Waals surface area contributed by atoms with Gasteiger partial charge < -0.3 is 10.6 Å². The fourth-order valence-corrected chi connectivity index (χ4v) is 3.86. The maximum absolute atomic E-state index is 12.9. The number of para-hydroxylation sites is 1. The van der Waals surface area contributed by atoms with Crippen LogP contribution < -0.4 is 10.6 Å². The second-order valence-corrected chi connectivity index (χ2v) is 7.41. The molecule has 2 aromatic rings. The Bertz CT molecular complexity index is 883. The molecule has 0 aromatic heterocycles. The van der Waals surface area contributed by atoms with Gasteiger partial charge in [0.2, 0.25) is 0 Å². The summed E-state index contributed by atoms with van der Waals surface area (Å²) in [5, 5.41) is 14.2. The summed E-state index contributed by atoms with van der Waals surface area (Å²) in [4.78, 5) is 12.9. The number of thioether (sulfide) groups is 1. The minimum atomic E-state index is -0.485. The Morgan fingerprint density at radius 1 is 1.23 bits per heavy atom. The summed E-state index contributed by atoms with van der Waals surface area (Å²) in [7, 11) is 0. The van der Waals surface area contributed by atoms with E-state index in [0.717, 1.165) is 16.8 Å². The fraction of sp³-hybridized carbons (Fsp3) is 0.158. The van der Waals surface area contributed by atoms with Crippen LogP contribution in [0.3, 0.4) is 0 Å². The summed E-state index contributed by atoms with van der Waals surface area (Å²) < 4.78 is 0. The molecule has 0 saturated carbocycles. The molecule has 0 aliphatic carbocycles. The van der Waals surface area contributed by atoms with Gasteiger partial charge in [-0.15, -0.1) is 11.7 Å². The number of carbonyl (C=O) groups is 1. The highest BCUT2D eigenvalue weighted by molar-refractivity contribution is 8.14. The molecular weight excluding hydrogens is 368 g/mol. The van der Waals surface area contributed by atoms with E-state index in [-0.39, 0.29) is 12.1 Å². The summed E-state index contributed by atoms with van der Waals surface area (Å²) in [6.07, 6.45) is 1.52. The number of hydrazone groups is 1. The van der Waals surface area contributed by atoms with E-state index in [4.69, 9.17) is 16.7 Å². The van der Waals surface area contributed by atoms with E-state index in [0.29, 0.717) is 15.9 Å².